The molecule has 0 amide bonds. The molecule has 0 spiro atoms. The van der Waals surface area contributed by atoms with Crippen LogP contribution in [0, 0.1) is 11.3 Å². The first-order valence-electron chi connectivity index (χ1n) is 4.80. The summed E-state index contributed by atoms with van der Waals surface area (Å²) < 4.78 is 0. The number of carbonyl (C=O) groups excluding carboxylic acids is 1. The number of nitrogens with two attached hydrogens (primary N) is 1. The van der Waals surface area contributed by atoms with Crippen molar-refractivity contribution in [2.45, 2.75) is 39.5 Å². The van der Waals surface area contributed by atoms with E-state index in [1.165, 1.54) is 12.8 Å². The standard InChI is InChI=1S/C10H19NO/c1-8(9(2)12)7-10(3-4-10)5-6-11/h8H,3-7,11H2,1-2H3. The highest BCUT2D eigenvalue weighted by molar-refractivity contribution is 5.77. The molecule has 0 aromatic rings. The van der Waals surface area contributed by atoms with Crippen molar-refractivity contribution in [3.63, 3.8) is 0 Å². The summed E-state index contributed by atoms with van der Waals surface area (Å²) in [5, 5.41) is 0. The van der Waals surface area contributed by atoms with Gasteiger partial charge in [0.05, 0.1) is 0 Å². The lowest BCUT2D eigenvalue weighted by molar-refractivity contribution is -0.120. The summed E-state index contributed by atoms with van der Waals surface area (Å²) in [5.41, 5.74) is 5.98. The van der Waals surface area contributed by atoms with Crippen LogP contribution in [0.15, 0.2) is 0 Å². The molecule has 1 rings (SSSR count). The van der Waals surface area contributed by atoms with E-state index >= 15 is 0 Å². The highest BCUT2D eigenvalue weighted by Gasteiger charge is 2.42. The summed E-state index contributed by atoms with van der Waals surface area (Å²) in [6, 6.07) is 0. The Kier molecular flexibility index (Phi) is 2.89. The lowest BCUT2D eigenvalue weighted by Gasteiger charge is -2.17. The quantitative estimate of drug-likeness (QED) is 0.681. The maximum absolute atomic E-state index is 11.0. The zero-order valence-corrected chi connectivity index (χ0v) is 8.10. The summed E-state index contributed by atoms with van der Waals surface area (Å²) in [6.07, 6.45) is 4.72. The predicted molar refractivity (Wildman–Crippen MR) is 49.8 cm³/mol. The van der Waals surface area contributed by atoms with Crippen LogP contribution < -0.4 is 5.73 Å². The van der Waals surface area contributed by atoms with Gasteiger partial charge in [-0.2, -0.15) is 0 Å². The Labute approximate surface area is 74.5 Å². The van der Waals surface area contributed by atoms with Crippen LogP contribution in [0.5, 0.6) is 0 Å². The van der Waals surface area contributed by atoms with Gasteiger partial charge in [-0.1, -0.05) is 6.92 Å². The number of rotatable bonds is 5. The third-order valence-electron chi connectivity index (χ3n) is 3.06. The fourth-order valence-corrected chi connectivity index (χ4v) is 1.83. The third-order valence-corrected chi connectivity index (χ3v) is 3.06. The average Bonchev–Trinajstić information content (AvgIpc) is 2.69. The van der Waals surface area contributed by atoms with E-state index in [0.29, 0.717) is 11.2 Å². The van der Waals surface area contributed by atoms with Crippen LogP contribution in [-0.2, 0) is 4.79 Å². The molecule has 1 fully saturated rings. The average molecular weight is 169 g/mol. The van der Waals surface area contributed by atoms with Crippen molar-refractivity contribution in [1.29, 1.82) is 0 Å². The summed E-state index contributed by atoms with van der Waals surface area (Å²) in [5.74, 6) is 0.553. The van der Waals surface area contributed by atoms with E-state index < -0.39 is 0 Å². The molecule has 1 aliphatic carbocycles. The normalized spacial score (nSPS) is 21.9. The fraction of sp³-hybridized carbons (Fsp3) is 0.900. The summed E-state index contributed by atoms with van der Waals surface area (Å²) in [4.78, 5) is 11.0. The number of Topliss-reactive ketones (excluding diaryl/α,β-unsaturated/α-hetero) is 1. The van der Waals surface area contributed by atoms with Gasteiger partial charge in [-0.15, -0.1) is 0 Å². The van der Waals surface area contributed by atoms with Gasteiger partial charge in [0.2, 0.25) is 0 Å². The highest BCUT2D eigenvalue weighted by atomic mass is 16.1. The molecule has 1 unspecified atom stereocenters. The second-order valence-corrected chi connectivity index (χ2v) is 4.25. The lowest BCUT2D eigenvalue weighted by Crippen LogP contribution is -2.16. The summed E-state index contributed by atoms with van der Waals surface area (Å²) >= 11 is 0. The molecular weight excluding hydrogens is 150 g/mol. The smallest absolute Gasteiger partial charge is 0.132 e. The lowest BCUT2D eigenvalue weighted by atomic mass is 9.88. The van der Waals surface area contributed by atoms with Crippen molar-refractivity contribution in [2.24, 2.45) is 17.1 Å². The van der Waals surface area contributed by atoms with Crippen LogP contribution in [-0.4, -0.2) is 12.3 Å². The topological polar surface area (TPSA) is 43.1 Å². The van der Waals surface area contributed by atoms with Gasteiger partial charge in [0.1, 0.15) is 5.78 Å². The molecule has 1 aliphatic rings. The second kappa shape index (κ2) is 3.56. The Morgan fingerprint density at radius 3 is 2.50 bits per heavy atom. The first kappa shape index (κ1) is 9.72. The van der Waals surface area contributed by atoms with Crippen LogP contribution in [0.25, 0.3) is 0 Å². The largest absolute Gasteiger partial charge is 0.330 e. The first-order chi connectivity index (χ1) is 5.59. The minimum atomic E-state index is 0.235. The van der Waals surface area contributed by atoms with Crippen molar-refractivity contribution >= 4 is 5.78 Å². The zero-order chi connectivity index (χ0) is 9.19. The Balaban J connectivity index is 2.34. The van der Waals surface area contributed by atoms with Gasteiger partial charge in [-0.25, -0.2) is 0 Å². The molecule has 0 saturated heterocycles. The van der Waals surface area contributed by atoms with Crippen LogP contribution in [0.1, 0.15) is 39.5 Å². The molecular formula is C10H19NO. The van der Waals surface area contributed by atoms with Crippen LogP contribution in [0.2, 0.25) is 0 Å². The van der Waals surface area contributed by atoms with E-state index in [9.17, 15) is 4.79 Å². The number of hydrogen-bond donors (Lipinski definition) is 1. The van der Waals surface area contributed by atoms with Gasteiger partial charge in [0.15, 0.2) is 0 Å². The molecule has 2 nitrogen and oxygen atoms in total. The van der Waals surface area contributed by atoms with Crippen LogP contribution >= 0.6 is 0 Å². The minimum absolute atomic E-state index is 0.235. The van der Waals surface area contributed by atoms with Gasteiger partial charge >= 0.3 is 0 Å². The molecule has 70 valence electrons. The molecule has 0 aliphatic heterocycles. The van der Waals surface area contributed by atoms with Gasteiger partial charge in [-0.3, -0.25) is 4.79 Å². The molecule has 2 heteroatoms. The third kappa shape index (κ3) is 2.31. The van der Waals surface area contributed by atoms with E-state index in [-0.39, 0.29) is 5.92 Å². The minimum Gasteiger partial charge on any atom is -0.330 e. The number of carbonyl (C=O) groups is 1. The molecule has 0 heterocycles. The van der Waals surface area contributed by atoms with E-state index in [1.807, 2.05) is 6.92 Å². The first-order valence-corrected chi connectivity index (χ1v) is 4.80. The highest BCUT2D eigenvalue weighted by Crippen LogP contribution is 2.53. The number of ketones is 1. The van der Waals surface area contributed by atoms with E-state index in [0.717, 1.165) is 19.4 Å². The van der Waals surface area contributed by atoms with Gasteiger partial charge < -0.3 is 5.73 Å². The predicted octanol–water partition coefficient (Wildman–Crippen LogP) is 1.73. The van der Waals surface area contributed by atoms with Gasteiger partial charge in [-0.05, 0) is 44.6 Å². The molecule has 0 aromatic carbocycles. The number of hydrogen-bond acceptors (Lipinski definition) is 2. The van der Waals surface area contributed by atoms with Crippen LogP contribution in [0.3, 0.4) is 0 Å². The fourth-order valence-electron chi connectivity index (χ4n) is 1.83. The Bertz CT molecular complexity index is 173. The van der Waals surface area contributed by atoms with Crippen molar-refractivity contribution in [1.82, 2.24) is 0 Å². The molecule has 0 aromatic heterocycles. The summed E-state index contributed by atoms with van der Waals surface area (Å²) in [6.45, 7) is 4.48. The molecule has 2 N–H and O–H groups in total. The monoisotopic (exact) mass is 169 g/mol. The molecule has 1 saturated carbocycles. The van der Waals surface area contributed by atoms with Crippen molar-refractivity contribution in [2.75, 3.05) is 6.54 Å². The SMILES string of the molecule is CC(=O)C(C)CC1(CCN)CC1. The maximum Gasteiger partial charge on any atom is 0.132 e. The molecule has 0 bridgehead atoms. The van der Waals surface area contributed by atoms with E-state index in [4.69, 9.17) is 5.73 Å². The van der Waals surface area contributed by atoms with Gasteiger partial charge in [0, 0.05) is 5.92 Å². The Morgan fingerprint density at radius 2 is 2.17 bits per heavy atom. The molecule has 12 heavy (non-hydrogen) atoms. The Hall–Kier alpha value is -0.370. The zero-order valence-electron chi connectivity index (χ0n) is 8.10. The maximum atomic E-state index is 11.0. The van der Waals surface area contributed by atoms with E-state index in [2.05, 4.69) is 0 Å². The molecule has 1 atom stereocenters. The van der Waals surface area contributed by atoms with E-state index in [1.54, 1.807) is 6.92 Å². The van der Waals surface area contributed by atoms with Gasteiger partial charge in [0.25, 0.3) is 0 Å². The van der Waals surface area contributed by atoms with Crippen molar-refractivity contribution in [3.8, 4) is 0 Å². The van der Waals surface area contributed by atoms with Crippen molar-refractivity contribution in [3.05, 3.63) is 0 Å². The van der Waals surface area contributed by atoms with Crippen molar-refractivity contribution < 1.29 is 4.79 Å². The Morgan fingerprint density at radius 1 is 1.58 bits per heavy atom. The summed E-state index contributed by atoms with van der Waals surface area (Å²) in [7, 11) is 0. The second-order valence-electron chi connectivity index (χ2n) is 4.25. The van der Waals surface area contributed by atoms with Crippen LogP contribution in [0.4, 0.5) is 0 Å². The molecule has 0 radical (unpaired) electrons.